The smallest absolute Gasteiger partial charge is 0.311 e. The average Bonchev–Trinajstić information content (AvgIpc) is 3.43. The number of aryl methyl sites for hydroxylation is 1. The highest BCUT2D eigenvalue weighted by molar-refractivity contribution is 6.30. The molecule has 1 N–H and O–H groups in total. The topological polar surface area (TPSA) is 182 Å². The third kappa shape index (κ3) is 6.44. The van der Waals surface area contributed by atoms with Gasteiger partial charge in [-0.15, -0.1) is 20.2 Å². The van der Waals surface area contributed by atoms with Gasteiger partial charge >= 0.3 is 5.97 Å². The molecule has 15 heteroatoms. The van der Waals surface area contributed by atoms with Crippen LogP contribution in [0.4, 0.5) is 0 Å². The summed E-state index contributed by atoms with van der Waals surface area (Å²) in [6.07, 6.45) is -1.75. The minimum Gasteiger partial charge on any atom is -0.424 e. The maximum atomic E-state index is 12.6. The average molecular weight is 551 g/mol. The third-order valence-corrected chi connectivity index (χ3v) is 6.48. The molecule has 1 amide bonds. The van der Waals surface area contributed by atoms with Crippen molar-refractivity contribution in [2.45, 2.75) is 63.6 Å². The number of nitrogens with zero attached hydrogens (tertiary/aromatic N) is 3. The molecule has 202 valence electrons. The van der Waals surface area contributed by atoms with Gasteiger partial charge in [-0.05, 0) is 37.5 Å². The van der Waals surface area contributed by atoms with Gasteiger partial charge < -0.3 is 24.5 Å². The quantitative estimate of drug-likeness (QED) is 0.261. The van der Waals surface area contributed by atoms with Crippen LogP contribution in [0, 0.1) is 27.2 Å². The van der Waals surface area contributed by atoms with Crippen molar-refractivity contribution in [3.8, 4) is 5.75 Å². The van der Waals surface area contributed by atoms with Crippen LogP contribution in [0.5, 0.6) is 5.75 Å². The zero-order valence-electron chi connectivity index (χ0n) is 20.0. The molecule has 1 saturated carbocycles. The first-order chi connectivity index (χ1) is 18.1. The Morgan fingerprint density at radius 2 is 1.74 bits per heavy atom. The van der Waals surface area contributed by atoms with Crippen molar-refractivity contribution in [2.75, 3.05) is 0 Å². The first-order valence-electron chi connectivity index (χ1n) is 11.6. The number of fused-ring (bicyclic) bond motifs is 1. The van der Waals surface area contributed by atoms with Crippen LogP contribution in [-0.2, 0) is 30.6 Å². The Bertz CT molecular complexity index is 1220. The number of ether oxygens (including phenoxy) is 2. The molecule has 14 nitrogen and oxygen atoms in total. The molecule has 38 heavy (non-hydrogen) atoms. The van der Waals surface area contributed by atoms with Gasteiger partial charge in [0.25, 0.3) is 10.2 Å². The summed E-state index contributed by atoms with van der Waals surface area (Å²) in [5.41, 5.74) is 2.81. The van der Waals surface area contributed by atoms with Gasteiger partial charge in [0.15, 0.2) is 5.75 Å². The molecule has 2 unspecified atom stereocenters. The molecule has 0 spiro atoms. The first-order valence-corrected chi connectivity index (χ1v) is 12.0. The third-order valence-electron chi connectivity index (χ3n) is 6.23. The van der Waals surface area contributed by atoms with E-state index in [2.05, 4.69) is 20.0 Å². The molecule has 1 aliphatic heterocycles. The molecular formula is C23H23ClN4O10. The molecule has 1 aromatic carbocycles. The van der Waals surface area contributed by atoms with E-state index in [9.17, 15) is 29.8 Å². The highest BCUT2D eigenvalue weighted by Gasteiger charge is 2.40. The predicted molar refractivity (Wildman–Crippen MR) is 127 cm³/mol. The molecule has 1 fully saturated rings. The second-order valence-electron chi connectivity index (χ2n) is 8.79. The minimum atomic E-state index is -1.21. The van der Waals surface area contributed by atoms with E-state index in [4.69, 9.17) is 21.1 Å². The fourth-order valence-corrected chi connectivity index (χ4v) is 4.66. The molecule has 0 saturated heterocycles. The van der Waals surface area contributed by atoms with E-state index < -0.39 is 46.4 Å². The molecule has 2 aliphatic rings. The maximum Gasteiger partial charge on any atom is 0.311 e. The Kier molecular flexibility index (Phi) is 8.22. The van der Waals surface area contributed by atoms with E-state index in [1.165, 1.54) is 0 Å². The van der Waals surface area contributed by atoms with Gasteiger partial charge in [0.2, 0.25) is 5.91 Å². The number of hydrogen-bond acceptors (Lipinski definition) is 11. The van der Waals surface area contributed by atoms with E-state index in [0.29, 0.717) is 16.3 Å². The normalized spacial score (nSPS) is 21.8. The number of esters is 1. The van der Waals surface area contributed by atoms with Crippen LogP contribution in [0.3, 0.4) is 0 Å². The number of hydrogen-bond donors (Lipinski definition) is 1. The van der Waals surface area contributed by atoms with Crippen molar-refractivity contribution in [1.29, 1.82) is 0 Å². The second kappa shape index (κ2) is 11.6. The Labute approximate surface area is 220 Å². The molecule has 0 radical (unpaired) electrons. The summed E-state index contributed by atoms with van der Waals surface area (Å²) in [4.78, 5) is 59.4. The molecule has 4 atom stereocenters. The summed E-state index contributed by atoms with van der Waals surface area (Å²) < 4.78 is 11.5. The number of aromatic nitrogens is 1. The molecular weight excluding hydrogens is 528 g/mol. The zero-order valence-corrected chi connectivity index (χ0v) is 20.8. The Hall–Kier alpha value is -4.04. The minimum absolute atomic E-state index is 0.0640. The lowest BCUT2D eigenvalue weighted by molar-refractivity contribution is -0.797. The van der Waals surface area contributed by atoms with E-state index in [1.807, 2.05) is 12.1 Å². The number of carbonyl (C=O) groups excluding carboxylic acids is 2. The van der Waals surface area contributed by atoms with Crippen molar-refractivity contribution >= 4 is 23.5 Å². The number of pyridine rings is 1. The zero-order chi connectivity index (χ0) is 27.4. The van der Waals surface area contributed by atoms with E-state index in [1.54, 1.807) is 25.3 Å². The summed E-state index contributed by atoms with van der Waals surface area (Å²) in [5.74, 6) is -0.920. The monoisotopic (exact) mass is 550 g/mol. The van der Waals surface area contributed by atoms with Crippen molar-refractivity contribution in [1.82, 2.24) is 10.3 Å². The van der Waals surface area contributed by atoms with Gasteiger partial charge in [-0.2, -0.15) is 0 Å². The molecule has 2 heterocycles. The van der Waals surface area contributed by atoms with Gasteiger partial charge in [-0.1, -0.05) is 23.7 Å². The molecule has 2 aromatic rings. The number of amides is 1. The highest BCUT2D eigenvalue weighted by atomic mass is 35.5. The second-order valence-corrected chi connectivity index (χ2v) is 9.23. The van der Waals surface area contributed by atoms with Gasteiger partial charge in [-0.25, -0.2) is 0 Å². The van der Waals surface area contributed by atoms with Crippen molar-refractivity contribution in [3.63, 3.8) is 0 Å². The molecule has 1 aliphatic carbocycles. The summed E-state index contributed by atoms with van der Waals surface area (Å²) in [6.45, 7) is 1.90. The van der Waals surface area contributed by atoms with Gasteiger partial charge in [0, 0.05) is 34.8 Å². The van der Waals surface area contributed by atoms with Crippen LogP contribution in [0.2, 0.25) is 5.02 Å². The van der Waals surface area contributed by atoms with Crippen LogP contribution in [0.15, 0.2) is 30.5 Å². The van der Waals surface area contributed by atoms with Crippen LogP contribution in [-0.4, -0.2) is 45.3 Å². The highest BCUT2D eigenvalue weighted by Crippen LogP contribution is 2.41. The fourth-order valence-electron chi connectivity index (χ4n) is 4.53. The molecule has 4 rings (SSSR count). The van der Waals surface area contributed by atoms with Crippen LogP contribution >= 0.6 is 11.6 Å². The summed E-state index contributed by atoms with van der Waals surface area (Å²) in [5, 5.41) is 22.3. The van der Waals surface area contributed by atoms with E-state index in [-0.39, 0.29) is 38.0 Å². The number of benzene rings is 1. The number of rotatable bonds is 10. The summed E-state index contributed by atoms with van der Waals surface area (Å²) >= 11 is 5.97. The van der Waals surface area contributed by atoms with Gasteiger partial charge in [-0.3, -0.25) is 14.6 Å². The van der Waals surface area contributed by atoms with Crippen molar-refractivity contribution in [3.05, 3.63) is 78.1 Å². The lowest BCUT2D eigenvalue weighted by Gasteiger charge is -2.14. The number of halogens is 1. The molecule has 0 bridgehead atoms. The van der Waals surface area contributed by atoms with Crippen molar-refractivity contribution in [2.24, 2.45) is 0 Å². The summed E-state index contributed by atoms with van der Waals surface area (Å²) in [6, 6.07) is 6.52. The lowest BCUT2D eigenvalue weighted by atomic mass is 10.0. The van der Waals surface area contributed by atoms with Gasteiger partial charge in [0.05, 0.1) is 18.7 Å². The lowest BCUT2D eigenvalue weighted by Crippen LogP contribution is -2.34. The fraction of sp³-hybridized carbons (Fsp3) is 0.435. The Morgan fingerprint density at radius 3 is 2.34 bits per heavy atom. The van der Waals surface area contributed by atoms with E-state index in [0.717, 1.165) is 11.1 Å². The number of nitrogens with one attached hydrogen (secondary N) is 1. The van der Waals surface area contributed by atoms with Crippen LogP contribution in [0.1, 0.15) is 54.2 Å². The maximum absolute atomic E-state index is 12.6. The number of carbonyl (C=O) groups is 2. The standard InChI is InChI=1S/C23H23ClN4O10/c1-12-22(17-11-35-23(16(17)10-25-12)13-2-4-14(24)5-3-13)36-21(30)7-6-20(29)26-15-8-18(37-27(31)32)19(9-15)38-28(33)34/h2-5,10,15,18-19,23H,6-9,11H2,1H3,(H,26,29)/t15?,18-,19+,23?. The summed E-state index contributed by atoms with van der Waals surface area (Å²) in [7, 11) is 0. The van der Waals surface area contributed by atoms with Crippen LogP contribution < -0.4 is 10.1 Å². The first kappa shape index (κ1) is 27.0. The predicted octanol–water partition coefficient (Wildman–Crippen LogP) is 2.78. The van der Waals surface area contributed by atoms with E-state index >= 15 is 0 Å². The molecule has 1 aromatic heterocycles. The SMILES string of the molecule is Cc1ncc2c(c1OC(=O)CCC(=O)NC1C[C@H](O[N+](=O)[O-])[C@H](O[N+](=O)[O-])C1)COC2c1ccc(Cl)cc1. The van der Waals surface area contributed by atoms with Gasteiger partial charge in [0.1, 0.15) is 18.3 Å². The van der Waals surface area contributed by atoms with Crippen LogP contribution in [0.25, 0.3) is 0 Å². The Balaban J connectivity index is 1.33. The Morgan fingerprint density at radius 1 is 1.11 bits per heavy atom. The van der Waals surface area contributed by atoms with Crippen molar-refractivity contribution < 1.29 is 38.9 Å². The largest absolute Gasteiger partial charge is 0.424 e.